The highest BCUT2D eigenvalue weighted by Crippen LogP contribution is 2.21. The fraction of sp³-hybridized carbons (Fsp3) is 0.500. The zero-order valence-corrected chi connectivity index (χ0v) is 11.5. The molecule has 1 fully saturated rings. The maximum atomic E-state index is 12.3. The zero-order valence-electron chi connectivity index (χ0n) is 11.5. The van der Waals surface area contributed by atoms with Gasteiger partial charge in [-0.2, -0.15) is 0 Å². The van der Waals surface area contributed by atoms with E-state index in [1.54, 1.807) is 4.90 Å². The summed E-state index contributed by atoms with van der Waals surface area (Å²) in [6, 6.07) is 5.91. The number of piperidine rings is 1. The monoisotopic (exact) mass is 277 g/mol. The molecule has 20 heavy (non-hydrogen) atoms. The second kappa shape index (κ2) is 6.00. The molecule has 1 heterocycles. The van der Waals surface area contributed by atoms with Crippen LogP contribution in [0, 0.1) is 16.0 Å². The molecule has 0 aromatic heterocycles. The third kappa shape index (κ3) is 3.14. The van der Waals surface area contributed by atoms with Gasteiger partial charge in [-0.05, 0) is 37.8 Å². The van der Waals surface area contributed by atoms with Crippen molar-refractivity contribution in [3.63, 3.8) is 0 Å². The summed E-state index contributed by atoms with van der Waals surface area (Å²) in [5, 5.41) is 10.6. The molecular formula is C14H19N3O3. The Kier molecular flexibility index (Phi) is 4.34. The van der Waals surface area contributed by atoms with Gasteiger partial charge in [0.2, 0.25) is 0 Å². The summed E-state index contributed by atoms with van der Waals surface area (Å²) in [5.41, 5.74) is 6.37. The smallest absolute Gasteiger partial charge is 0.269 e. The fourth-order valence-corrected chi connectivity index (χ4v) is 2.54. The third-order valence-electron chi connectivity index (χ3n) is 3.90. The molecule has 1 aromatic rings. The summed E-state index contributed by atoms with van der Waals surface area (Å²) in [4.78, 5) is 24.2. The summed E-state index contributed by atoms with van der Waals surface area (Å²) in [5.74, 6) is 0.402. The molecule has 0 bridgehead atoms. The van der Waals surface area contributed by atoms with Gasteiger partial charge in [0.15, 0.2) is 0 Å². The van der Waals surface area contributed by atoms with Crippen LogP contribution in [-0.2, 0) is 0 Å². The van der Waals surface area contributed by atoms with Crippen molar-refractivity contribution in [3.8, 4) is 0 Å². The molecule has 1 aliphatic rings. The Hall–Kier alpha value is -1.95. The first-order valence-corrected chi connectivity index (χ1v) is 6.78. The molecule has 0 spiro atoms. The Labute approximate surface area is 117 Å². The number of non-ortho nitro benzene ring substituents is 1. The highest BCUT2D eigenvalue weighted by atomic mass is 16.6. The van der Waals surface area contributed by atoms with Gasteiger partial charge in [0.05, 0.1) is 4.92 Å². The molecular weight excluding hydrogens is 258 g/mol. The van der Waals surface area contributed by atoms with Crippen LogP contribution >= 0.6 is 0 Å². The van der Waals surface area contributed by atoms with E-state index in [2.05, 4.69) is 0 Å². The number of nitrogens with two attached hydrogens (primary N) is 1. The van der Waals surface area contributed by atoms with Crippen molar-refractivity contribution in [3.05, 3.63) is 39.9 Å². The molecule has 0 radical (unpaired) electrons. The maximum Gasteiger partial charge on any atom is 0.269 e. The lowest BCUT2D eigenvalue weighted by Gasteiger charge is -2.33. The number of rotatable bonds is 3. The summed E-state index contributed by atoms with van der Waals surface area (Å²) in [6.07, 6.45) is 1.83. The van der Waals surface area contributed by atoms with Crippen molar-refractivity contribution in [2.24, 2.45) is 11.7 Å². The number of carbonyl (C=O) groups is 1. The summed E-state index contributed by atoms with van der Waals surface area (Å²) in [7, 11) is 0. The van der Waals surface area contributed by atoms with Crippen LogP contribution in [0.25, 0.3) is 0 Å². The second-order valence-electron chi connectivity index (χ2n) is 5.29. The van der Waals surface area contributed by atoms with Crippen LogP contribution in [-0.4, -0.2) is 34.9 Å². The van der Waals surface area contributed by atoms with Crippen molar-refractivity contribution in [2.75, 3.05) is 13.1 Å². The van der Waals surface area contributed by atoms with Crippen molar-refractivity contribution in [1.82, 2.24) is 4.90 Å². The second-order valence-corrected chi connectivity index (χ2v) is 5.29. The molecule has 6 heteroatoms. The molecule has 2 N–H and O–H groups in total. The van der Waals surface area contributed by atoms with Crippen LogP contribution < -0.4 is 5.73 Å². The van der Waals surface area contributed by atoms with Crippen molar-refractivity contribution >= 4 is 11.6 Å². The van der Waals surface area contributed by atoms with Crippen molar-refractivity contribution in [1.29, 1.82) is 0 Å². The van der Waals surface area contributed by atoms with Gasteiger partial charge in [-0.3, -0.25) is 14.9 Å². The van der Waals surface area contributed by atoms with Crippen LogP contribution in [0.4, 0.5) is 5.69 Å². The largest absolute Gasteiger partial charge is 0.339 e. The van der Waals surface area contributed by atoms with E-state index in [1.165, 1.54) is 24.3 Å². The summed E-state index contributed by atoms with van der Waals surface area (Å²) < 4.78 is 0. The molecule has 108 valence electrons. The van der Waals surface area contributed by atoms with Gasteiger partial charge in [0.25, 0.3) is 11.6 Å². The number of hydrogen-bond donors (Lipinski definition) is 1. The van der Waals surface area contributed by atoms with E-state index in [1.807, 2.05) is 6.92 Å². The Bertz CT molecular complexity index is 491. The SMILES string of the molecule is CC(N)C1CCN(C(=O)c2ccc([N+](=O)[O-])cc2)CC1. The molecule has 2 rings (SSSR count). The van der Waals surface area contributed by atoms with Gasteiger partial charge in [0, 0.05) is 36.8 Å². The van der Waals surface area contributed by atoms with Crippen LogP contribution in [0.1, 0.15) is 30.1 Å². The van der Waals surface area contributed by atoms with E-state index < -0.39 is 4.92 Å². The predicted molar refractivity (Wildman–Crippen MR) is 75.4 cm³/mol. The van der Waals surface area contributed by atoms with Gasteiger partial charge in [-0.25, -0.2) is 0 Å². The Morgan fingerprint density at radius 3 is 2.35 bits per heavy atom. The van der Waals surface area contributed by atoms with E-state index in [-0.39, 0.29) is 17.6 Å². The first-order valence-electron chi connectivity index (χ1n) is 6.78. The predicted octanol–water partition coefficient (Wildman–Crippen LogP) is 1.79. The Morgan fingerprint density at radius 1 is 1.35 bits per heavy atom. The normalized spacial score (nSPS) is 17.8. The lowest BCUT2D eigenvalue weighted by molar-refractivity contribution is -0.384. The van der Waals surface area contributed by atoms with Crippen LogP contribution in [0.15, 0.2) is 24.3 Å². The van der Waals surface area contributed by atoms with Gasteiger partial charge < -0.3 is 10.6 Å². The maximum absolute atomic E-state index is 12.3. The van der Waals surface area contributed by atoms with E-state index in [9.17, 15) is 14.9 Å². The average Bonchev–Trinajstić information content (AvgIpc) is 2.46. The van der Waals surface area contributed by atoms with Crippen LogP contribution in [0.3, 0.4) is 0 Å². The Morgan fingerprint density at radius 2 is 1.90 bits per heavy atom. The molecule has 1 aromatic carbocycles. The molecule has 1 amide bonds. The van der Waals surface area contributed by atoms with E-state index in [0.29, 0.717) is 24.6 Å². The van der Waals surface area contributed by atoms with E-state index in [4.69, 9.17) is 5.73 Å². The van der Waals surface area contributed by atoms with E-state index >= 15 is 0 Å². The van der Waals surface area contributed by atoms with Crippen LogP contribution in [0.2, 0.25) is 0 Å². The number of nitro groups is 1. The first-order chi connectivity index (χ1) is 9.49. The number of amides is 1. The number of likely N-dealkylation sites (tertiary alicyclic amines) is 1. The molecule has 1 unspecified atom stereocenters. The number of nitro benzene ring substituents is 1. The lowest BCUT2D eigenvalue weighted by Crippen LogP contribution is -2.42. The molecule has 0 saturated carbocycles. The number of benzene rings is 1. The molecule has 1 saturated heterocycles. The molecule has 0 aliphatic carbocycles. The average molecular weight is 277 g/mol. The van der Waals surface area contributed by atoms with Gasteiger partial charge in [-0.1, -0.05) is 0 Å². The van der Waals surface area contributed by atoms with Gasteiger partial charge in [0.1, 0.15) is 0 Å². The minimum absolute atomic E-state index is 0.00258. The lowest BCUT2D eigenvalue weighted by atomic mass is 9.90. The molecule has 6 nitrogen and oxygen atoms in total. The number of carbonyl (C=O) groups excluding carboxylic acids is 1. The fourth-order valence-electron chi connectivity index (χ4n) is 2.54. The minimum atomic E-state index is -0.470. The van der Waals surface area contributed by atoms with Gasteiger partial charge >= 0.3 is 0 Å². The molecule has 1 aliphatic heterocycles. The third-order valence-corrected chi connectivity index (χ3v) is 3.90. The summed E-state index contributed by atoms with van der Waals surface area (Å²) >= 11 is 0. The van der Waals surface area contributed by atoms with Crippen molar-refractivity contribution < 1.29 is 9.72 Å². The number of hydrogen-bond acceptors (Lipinski definition) is 4. The topological polar surface area (TPSA) is 89.5 Å². The quantitative estimate of drug-likeness (QED) is 0.673. The van der Waals surface area contributed by atoms with Crippen LogP contribution in [0.5, 0.6) is 0 Å². The van der Waals surface area contributed by atoms with Crippen molar-refractivity contribution in [2.45, 2.75) is 25.8 Å². The standard InChI is InChI=1S/C14H19N3O3/c1-10(15)11-6-8-16(9-7-11)14(18)12-2-4-13(5-3-12)17(19)20/h2-5,10-11H,6-9,15H2,1H3. The molecule has 1 atom stereocenters. The summed E-state index contributed by atoms with van der Waals surface area (Å²) in [6.45, 7) is 3.39. The van der Waals surface area contributed by atoms with Gasteiger partial charge in [-0.15, -0.1) is 0 Å². The first kappa shape index (κ1) is 14.5. The van der Waals surface area contributed by atoms with E-state index in [0.717, 1.165) is 12.8 Å². The highest BCUT2D eigenvalue weighted by molar-refractivity contribution is 5.94. The number of nitrogens with zero attached hydrogens (tertiary/aromatic N) is 2. The highest BCUT2D eigenvalue weighted by Gasteiger charge is 2.25. The zero-order chi connectivity index (χ0) is 14.7. The Balaban J connectivity index is 2.00. The minimum Gasteiger partial charge on any atom is -0.339 e.